The number of fused-ring (bicyclic) bond motifs is 3. The fourth-order valence-corrected chi connectivity index (χ4v) is 3.76. The number of phenolic OH excluding ortho intramolecular Hbond substituents is 1. The maximum Gasteiger partial charge on any atom is 0.408 e. The molecule has 0 aromatic heterocycles. The van der Waals surface area contributed by atoms with Crippen molar-refractivity contribution in [2.75, 3.05) is 6.61 Å². The van der Waals surface area contributed by atoms with Crippen molar-refractivity contribution in [3.05, 3.63) is 89.5 Å². The van der Waals surface area contributed by atoms with Gasteiger partial charge in [0.1, 0.15) is 12.4 Å². The van der Waals surface area contributed by atoms with E-state index in [-0.39, 0.29) is 23.8 Å². The molecule has 6 nitrogen and oxygen atoms in total. The van der Waals surface area contributed by atoms with Gasteiger partial charge in [0.15, 0.2) is 6.04 Å². The lowest BCUT2D eigenvalue weighted by molar-refractivity contribution is -0.139. The van der Waals surface area contributed by atoms with Crippen LogP contribution in [0.5, 0.6) is 5.75 Å². The van der Waals surface area contributed by atoms with Crippen molar-refractivity contribution in [1.82, 2.24) is 5.32 Å². The smallest absolute Gasteiger partial charge is 0.408 e. The lowest BCUT2D eigenvalue weighted by Crippen LogP contribution is -2.34. The van der Waals surface area contributed by atoms with Crippen molar-refractivity contribution in [3.63, 3.8) is 0 Å². The van der Waals surface area contributed by atoms with E-state index >= 15 is 0 Å². The first kappa shape index (κ1) is 18.6. The minimum atomic E-state index is -1.41. The average Bonchev–Trinajstić information content (AvgIpc) is 3.05. The molecule has 29 heavy (non-hydrogen) atoms. The van der Waals surface area contributed by atoms with Gasteiger partial charge in [-0.05, 0) is 28.3 Å². The summed E-state index contributed by atoms with van der Waals surface area (Å²) in [4.78, 5) is 23.9. The Morgan fingerprint density at radius 2 is 1.45 bits per heavy atom. The normalized spacial score (nSPS) is 13.2. The fourth-order valence-electron chi connectivity index (χ4n) is 3.76. The molecule has 3 aromatic carbocycles. The second-order valence-corrected chi connectivity index (χ2v) is 6.80. The molecule has 3 N–H and O–H groups in total. The van der Waals surface area contributed by atoms with Gasteiger partial charge in [0.2, 0.25) is 0 Å². The van der Waals surface area contributed by atoms with Gasteiger partial charge < -0.3 is 20.3 Å². The summed E-state index contributed by atoms with van der Waals surface area (Å²) in [6.07, 6.45) is -0.859. The third kappa shape index (κ3) is 3.52. The third-order valence-corrected chi connectivity index (χ3v) is 5.10. The molecule has 0 aliphatic heterocycles. The van der Waals surface area contributed by atoms with Crippen molar-refractivity contribution in [3.8, 4) is 16.9 Å². The monoisotopic (exact) mass is 389 g/mol. The van der Waals surface area contributed by atoms with E-state index in [2.05, 4.69) is 5.32 Å². The number of rotatable bonds is 5. The molecule has 1 atom stereocenters. The van der Waals surface area contributed by atoms with Crippen LogP contribution in [0.3, 0.4) is 0 Å². The van der Waals surface area contributed by atoms with Gasteiger partial charge >= 0.3 is 12.1 Å². The van der Waals surface area contributed by atoms with Crippen LogP contribution in [0, 0.1) is 0 Å². The summed E-state index contributed by atoms with van der Waals surface area (Å²) in [5.74, 6) is -1.62. The Hall–Kier alpha value is -3.80. The third-order valence-electron chi connectivity index (χ3n) is 5.10. The molecule has 4 rings (SSSR count). The fraction of sp³-hybridized carbons (Fsp3) is 0.130. The summed E-state index contributed by atoms with van der Waals surface area (Å²) in [5, 5.41) is 21.7. The van der Waals surface area contributed by atoms with Crippen LogP contribution in [0.25, 0.3) is 11.1 Å². The number of phenols is 1. The van der Waals surface area contributed by atoms with E-state index in [1.807, 2.05) is 48.5 Å². The lowest BCUT2D eigenvalue weighted by atomic mass is 9.98. The van der Waals surface area contributed by atoms with Gasteiger partial charge in [0.05, 0.1) is 0 Å². The van der Waals surface area contributed by atoms with Crippen LogP contribution in [0.15, 0.2) is 72.8 Å². The molecule has 0 radical (unpaired) electrons. The second kappa shape index (κ2) is 7.67. The number of aliphatic carboxylic acids is 1. The zero-order valence-electron chi connectivity index (χ0n) is 15.4. The Labute approximate surface area is 167 Å². The van der Waals surface area contributed by atoms with Crippen LogP contribution in [0.2, 0.25) is 0 Å². The molecule has 0 saturated heterocycles. The number of para-hydroxylation sites is 1. The zero-order chi connectivity index (χ0) is 20.4. The summed E-state index contributed by atoms with van der Waals surface area (Å²) in [7, 11) is 0. The molecule has 1 aliphatic rings. The maximum atomic E-state index is 12.3. The SMILES string of the molecule is O=C(NC(C(=O)O)c1ccccc1O)OCC1c2ccccc2-c2ccccc21. The molecular weight excluding hydrogens is 370 g/mol. The standard InChI is InChI=1S/C23H19NO5/c25-20-12-6-5-11-18(20)21(22(26)27)24-23(28)29-13-19-16-9-3-1-7-14(16)15-8-2-4-10-17(15)19/h1-12,19,21,25H,13H2,(H,24,28)(H,26,27). The Kier molecular flexibility index (Phi) is 4.91. The average molecular weight is 389 g/mol. The van der Waals surface area contributed by atoms with Gasteiger partial charge in [-0.25, -0.2) is 9.59 Å². The number of hydrogen-bond acceptors (Lipinski definition) is 4. The predicted octanol–water partition coefficient (Wildman–Crippen LogP) is 4.06. The molecule has 0 bridgehead atoms. The molecule has 3 aromatic rings. The number of amides is 1. The van der Waals surface area contributed by atoms with Gasteiger partial charge in [-0.2, -0.15) is 0 Å². The zero-order valence-corrected chi connectivity index (χ0v) is 15.4. The second-order valence-electron chi connectivity index (χ2n) is 6.80. The van der Waals surface area contributed by atoms with E-state index in [9.17, 15) is 19.8 Å². The van der Waals surface area contributed by atoms with Crippen molar-refractivity contribution in [2.24, 2.45) is 0 Å². The minimum Gasteiger partial charge on any atom is -0.508 e. The number of carbonyl (C=O) groups excluding carboxylic acids is 1. The number of carboxylic acids is 1. The van der Waals surface area contributed by atoms with Gasteiger partial charge in [0, 0.05) is 11.5 Å². The van der Waals surface area contributed by atoms with Crippen LogP contribution in [0.1, 0.15) is 28.7 Å². The number of ether oxygens (including phenoxy) is 1. The summed E-state index contributed by atoms with van der Waals surface area (Å²) < 4.78 is 5.39. The van der Waals surface area contributed by atoms with Gasteiger partial charge in [-0.1, -0.05) is 66.7 Å². The first-order valence-corrected chi connectivity index (χ1v) is 9.18. The van der Waals surface area contributed by atoms with Crippen molar-refractivity contribution < 1.29 is 24.5 Å². The lowest BCUT2D eigenvalue weighted by Gasteiger charge is -2.18. The molecule has 0 spiro atoms. The number of nitrogens with one attached hydrogen (secondary N) is 1. The summed E-state index contributed by atoms with van der Waals surface area (Å²) in [6.45, 7) is 0.0764. The molecule has 146 valence electrons. The highest BCUT2D eigenvalue weighted by Crippen LogP contribution is 2.44. The molecule has 6 heteroatoms. The van der Waals surface area contributed by atoms with Crippen LogP contribution in [-0.4, -0.2) is 28.9 Å². The first-order chi connectivity index (χ1) is 14.1. The van der Waals surface area contributed by atoms with Gasteiger partial charge in [0.25, 0.3) is 0 Å². The van der Waals surface area contributed by atoms with Gasteiger partial charge in [-0.3, -0.25) is 0 Å². The predicted molar refractivity (Wildman–Crippen MR) is 107 cm³/mol. The summed E-state index contributed by atoms with van der Waals surface area (Å²) in [6, 6.07) is 20.5. The Morgan fingerprint density at radius 3 is 2.03 bits per heavy atom. The highest BCUT2D eigenvalue weighted by atomic mass is 16.5. The first-order valence-electron chi connectivity index (χ1n) is 9.18. The quantitative estimate of drug-likeness (QED) is 0.612. The molecule has 0 heterocycles. The number of alkyl carbamates (subject to hydrolysis) is 1. The number of aromatic hydroxyl groups is 1. The Bertz CT molecular complexity index is 1030. The van der Waals surface area contributed by atoms with Crippen LogP contribution in [-0.2, 0) is 9.53 Å². The maximum absolute atomic E-state index is 12.3. The van der Waals surface area contributed by atoms with Crippen molar-refractivity contribution >= 4 is 12.1 Å². The number of carbonyl (C=O) groups is 2. The van der Waals surface area contributed by atoms with E-state index in [0.717, 1.165) is 22.3 Å². The highest BCUT2D eigenvalue weighted by Gasteiger charge is 2.30. The molecule has 1 aliphatic carbocycles. The summed E-state index contributed by atoms with van der Waals surface area (Å²) >= 11 is 0. The Morgan fingerprint density at radius 1 is 0.897 bits per heavy atom. The van der Waals surface area contributed by atoms with E-state index in [0.29, 0.717) is 0 Å². The van der Waals surface area contributed by atoms with Crippen LogP contribution >= 0.6 is 0 Å². The number of carboxylic acid groups (broad SMARTS) is 1. The van der Waals surface area contributed by atoms with Gasteiger partial charge in [-0.15, -0.1) is 0 Å². The Balaban J connectivity index is 1.50. The molecule has 0 fully saturated rings. The van der Waals surface area contributed by atoms with E-state index in [1.54, 1.807) is 12.1 Å². The number of benzene rings is 3. The van der Waals surface area contributed by atoms with Crippen LogP contribution in [0.4, 0.5) is 4.79 Å². The summed E-state index contributed by atoms with van der Waals surface area (Å²) in [5.41, 5.74) is 4.44. The van der Waals surface area contributed by atoms with Crippen molar-refractivity contribution in [1.29, 1.82) is 0 Å². The molecular formula is C23H19NO5. The highest BCUT2D eigenvalue weighted by molar-refractivity contribution is 5.82. The largest absolute Gasteiger partial charge is 0.508 e. The van der Waals surface area contributed by atoms with E-state index in [4.69, 9.17) is 4.74 Å². The molecule has 1 unspecified atom stereocenters. The minimum absolute atomic E-state index is 0.0764. The van der Waals surface area contributed by atoms with E-state index < -0.39 is 18.1 Å². The number of hydrogen-bond donors (Lipinski definition) is 3. The topological polar surface area (TPSA) is 95.9 Å². The van der Waals surface area contributed by atoms with Crippen molar-refractivity contribution in [2.45, 2.75) is 12.0 Å². The van der Waals surface area contributed by atoms with E-state index in [1.165, 1.54) is 12.1 Å². The molecule has 1 amide bonds. The molecule has 0 saturated carbocycles. The van der Waals surface area contributed by atoms with Crippen LogP contribution < -0.4 is 5.32 Å².